The van der Waals surface area contributed by atoms with E-state index in [1.807, 2.05) is 32.2 Å². The van der Waals surface area contributed by atoms with E-state index < -0.39 is 0 Å². The minimum absolute atomic E-state index is 0.103. The minimum Gasteiger partial charge on any atom is -0.481 e. The zero-order valence-corrected chi connectivity index (χ0v) is 14.3. The fourth-order valence-electron chi connectivity index (χ4n) is 3.09. The van der Waals surface area contributed by atoms with E-state index >= 15 is 0 Å². The average Bonchev–Trinajstić information content (AvgIpc) is 3.02. The van der Waals surface area contributed by atoms with Gasteiger partial charge >= 0.3 is 0 Å². The molecule has 1 atom stereocenters. The van der Waals surface area contributed by atoms with E-state index in [9.17, 15) is 0 Å². The lowest BCUT2D eigenvalue weighted by molar-refractivity contribution is 0.365. The summed E-state index contributed by atoms with van der Waals surface area (Å²) < 4.78 is 13.2. The highest BCUT2D eigenvalue weighted by molar-refractivity contribution is 5.82. The van der Waals surface area contributed by atoms with Crippen molar-refractivity contribution in [1.29, 1.82) is 0 Å². The van der Waals surface area contributed by atoms with Gasteiger partial charge in [-0.05, 0) is 32.4 Å². The maximum absolute atomic E-state index is 6.03. The molecule has 0 bridgehead atoms. The van der Waals surface area contributed by atoms with Gasteiger partial charge in [-0.3, -0.25) is 0 Å². The van der Waals surface area contributed by atoms with Crippen LogP contribution in [-0.2, 0) is 13.6 Å². The minimum atomic E-state index is 0.103. The molecule has 1 N–H and O–H groups in total. The fraction of sp³-hybridized carbons (Fsp3) is 0.389. The molecule has 2 heterocycles. The van der Waals surface area contributed by atoms with Crippen molar-refractivity contribution < 1.29 is 9.15 Å². The Morgan fingerprint density at radius 1 is 1.30 bits per heavy atom. The van der Waals surface area contributed by atoms with Crippen molar-refractivity contribution in [3.05, 3.63) is 46.8 Å². The molecule has 0 spiro atoms. The van der Waals surface area contributed by atoms with Crippen molar-refractivity contribution in [1.82, 2.24) is 15.1 Å². The summed E-state index contributed by atoms with van der Waals surface area (Å²) in [4.78, 5) is 0. The number of ether oxygens (including phenoxy) is 1. The molecule has 23 heavy (non-hydrogen) atoms. The van der Waals surface area contributed by atoms with Crippen LogP contribution < -0.4 is 10.1 Å². The monoisotopic (exact) mass is 313 g/mol. The zero-order valence-electron chi connectivity index (χ0n) is 14.3. The summed E-state index contributed by atoms with van der Waals surface area (Å²) >= 11 is 0. The molecule has 5 heteroatoms. The van der Waals surface area contributed by atoms with Gasteiger partial charge in [-0.15, -0.1) is 0 Å². The lowest BCUT2D eigenvalue weighted by Gasteiger charge is -2.13. The smallest absolute Gasteiger partial charge is 0.216 e. The van der Waals surface area contributed by atoms with Crippen LogP contribution in [0.15, 0.2) is 28.7 Å². The first-order valence-corrected chi connectivity index (χ1v) is 7.80. The molecular weight excluding hydrogens is 290 g/mol. The van der Waals surface area contributed by atoms with Gasteiger partial charge in [0.05, 0.1) is 24.4 Å². The quantitative estimate of drug-likeness (QED) is 0.781. The molecule has 0 aliphatic heterocycles. The number of nitrogens with one attached hydrogen (secondary N) is 1. The predicted molar refractivity (Wildman–Crippen MR) is 90.7 cm³/mol. The number of hydrogen-bond acceptors (Lipinski definition) is 4. The number of aryl methyl sites for hydroxylation is 3. The van der Waals surface area contributed by atoms with Crippen LogP contribution in [0.2, 0.25) is 0 Å². The third-order valence-corrected chi connectivity index (χ3v) is 4.34. The Hall–Kier alpha value is -2.27. The molecule has 3 aromatic rings. The number of para-hydroxylation sites is 1. The summed E-state index contributed by atoms with van der Waals surface area (Å²) in [5.41, 5.74) is 4.18. The van der Waals surface area contributed by atoms with Crippen LogP contribution >= 0.6 is 0 Å². The average molecular weight is 313 g/mol. The van der Waals surface area contributed by atoms with E-state index in [1.165, 1.54) is 10.9 Å². The molecule has 0 unspecified atom stereocenters. The molecule has 0 amide bonds. The predicted octanol–water partition coefficient (Wildman–Crippen LogP) is 3.64. The Morgan fingerprint density at radius 2 is 2.04 bits per heavy atom. The van der Waals surface area contributed by atoms with E-state index in [1.54, 1.807) is 11.8 Å². The summed E-state index contributed by atoms with van der Waals surface area (Å²) in [6.07, 6.45) is 0. The summed E-state index contributed by atoms with van der Waals surface area (Å²) in [6, 6.07) is 8.24. The van der Waals surface area contributed by atoms with Crippen molar-refractivity contribution in [3.63, 3.8) is 0 Å². The molecule has 0 aliphatic rings. The molecule has 0 aliphatic carbocycles. The Labute approximate surface area is 136 Å². The van der Waals surface area contributed by atoms with Gasteiger partial charge in [0.1, 0.15) is 11.3 Å². The SMILES string of the molecule is COc1c(CN[C@@H](C)c2oc3ccccc3c2C)c(C)nn1C. The van der Waals surface area contributed by atoms with Crippen molar-refractivity contribution in [2.45, 2.75) is 33.4 Å². The fourth-order valence-corrected chi connectivity index (χ4v) is 3.09. The van der Waals surface area contributed by atoms with Gasteiger partial charge in [0.2, 0.25) is 5.88 Å². The first kappa shape index (κ1) is 15.6. The molecule has 0 saturated carbocycles. The lowest BCUT2D eigenvalue weighted by Crippen LogP contribution is -2.19. The normalized spacial score (nSPS) is 12.7. The Bertz CT molecular complexity index is 832. The van der Waals surface area contributed by atoms with Crippen molar-refractivity contribution in [2.24, 2.45) is 7.05 Å². The van der Waals surface area contributed by atoms with Gasteiger partial charge in [-0.2, -0.15) is 5.10 Å². The van der Waals surface area contributed by atoms with Gasteiger partial charge in [0.15, 0.2) is 0 Å². The number of nitrogens with zero attached hydrogens (tertiary/aromatic N) is 2. The van der Waals surface area contributed by atoms with E-state index in [0.717, 1.165) is 28.5 Å². The lowest BCUT2D eigenvalue weighted by atomic mass is 10.1. The summed E-state index contributed by atoms with van der Waals surface area (Å²) in [5, 5.41) is 9.10. The van der Waals surface area contributed by atoms with Gasteiger partial charge in [-0.25, -0.2) is 4.68 Å². The third kappa shape index (κ3) is 2.72. The number of aromatic nitrogens is 2. The maximum atomic E-state index is 6.03. The van der Waals surface area contributed by atoms with Crippen LogP contribution in [0.1, 0.15) is 35.5 Å². The molecule has 0 saturated heterocycles. The molecule has 0 fully saturated rings. The van der Waals surface area contributed by atoms with Gasteiger partial charge < -0.3 is 14.5 Å². The summed E-state index contributed by atoms with van der Waals surface area (Å²) in [5.74, 6) is 1.77. The van der Waals surface area contributed by atoms with E-state index in [0.29, 0.717) is 6.54 Å². The summed E-state index contributed by atoms with van der Waals surface area (Å²) in [7, 11) is 3.56. The van der Waals surface area contributed by atoms with Crippen LogP contribution in [-0.4, -0.2) is 16.9 Å². The Morgan fingerprint density at radius 3 is 2.74 bits per heavy atom. The van der Waals surface area contributed by atoms with Crippen molar-refractivity contribution in [2.75, 3.05) is 7.11 Å². The largest absolute Gasteiger partial charge is 0.481 e. The van der Waals surface area contributed by atoms with E-state index in [4.69, 9.17) is 9.15 Å². The second-order valence-electron chi connectivity index (χ2n) is 5.89. The third-order valence-electron chi connectivity index (χ3n) is 4.34. The standard InChI is InChI=1S/C18H23N3O2/c1-11-14-8-6-7-9-16(14)23-17(11)13(3)19-10-15-12(2)20-21(4)18(15)22-5/h6-9,13,19H,10H2,1-5H3/t13-/m0/s1. The molecule has 122 valence electrons. The number of fused-ring (bicyclic) bond motifs is 1. The first-order chi connectivity index (χ1) is 11.0. The molecule has 0 radical (unpaired) electrons. The van der Waals surface area contributed by atoms with Crippen molar-refractivity contribution >= 4 is 11.0 Å². The number of hydrogen-bond donors (Lipinski definition) is 1. The zero-order chi connectivity index (χ0) is 16.6. The number of furan rings is 1. The van der Waals surface area contributed by atoms with Crippen LogP contribution in [0.5, 0.6) is 5.88 Å². The molecule has 2 aromatic heterocycles. The Kier molecular flexibility index (Phi) is 4.13. The number of methoxy groups -OCH3 is 1. The Balaban J connectivity index is 1.82. The second-order valence-corrected chi connectivity index (χ2v) is 5.89. The van der Waals surface area contributed by atoms with Gasteiger partial charge in [-0.1, -0.05) is 18.2 Å². The van der Waals surface area contributed by atoms with E-state index in [-0.39, 0.29) is 6.04 Å². The first-order valence-electron chi connectivity index (χ1n) is 7.80. The van der Waals surface area contributed by atoms with E-state index in [2.05, 4.69) is 30.3 Å². The number of rotatable bonds is 5. The highest BCUT2D eigenvalue weighted by atomic mass is 16.5. The highest BCUT2D eigenvalue weighted by Crippen LogP contribution is 2.30. The maximum Gasteiger partial charge on any atom is 0.216 e. The summed E-state index contributed by atoms with van der Waals surface area (Å²) in [6.45, 7) is 6.90. The van der Waals surface area contributed by atoms with Gasteiger partial charge in [0, 0.05) is 19.0 Å². The topological polar surface area (TPSA) is 52.2 Å². The molecule has 1 aromatic carbocycles. The van der Waals surface area contributed by atoms with Gasteiger partial charge in [0.25, 0.3) is 0 Å². The second kappa shape index (κ2) is 6.08. The van der Waals surface area contributed by atoms with Crippen LogP contribution in [0, 0.1) is 13.8 Å². The van der Waals surface area contributed by atoms with Crippen LogP contribution in [0.25, 0.3) is 11.0 Å². The van der Waals surface area contributed by atoms with Crippen LogP contribution in [0.4, 0.5) is 0 Å². The van der Waals surface area contributed by atoms with Crippen molar-refractivity contribution in [3.8, 4) is 5.88 Å². The molecular formula is C18H23N3O2. The highest BCUT2D eigenvalue weighted by Gasteiger charge is 2.19. The molecule has 5 nitrogen and oxygen atoms in total. The molecule has 3 rings (SSSR count). The number of benzene rings is 1. The van der Waals surface area contributed by atoms with Crippen LogP contribution in [0.3, 0.4) is 0 Å².